The van der Waals surface area contributed by atoms with Gasteiger partial charge in [0.2, 0.25) is 0 Å². The summed E-state index contributed by atoms with van der Waals surface area (Å²) < 4.78 is 4.40. The van der Waals surface area contributed by atoms with E-state index in [-0.39, 0.29) is 10.8 Å². The van der Waals surface area contributed by atoms with Gasteiger partial charge in [0, 0.05) is 23.2 Å². The Balaban J connectivity index is 2.21. The zero-order chi connectivity index (χ0) is 18.7. The fourth-order valence-corrected chi connectivity index (χ4v) is 3.49. The van der Waals surface area contributed by atoms with Crippen LogP contribution in [0.2, 0.25) is 0 Å². The minimum absolute atomic E-state index is 0.0740. The molecule has 4 rings (SSSR count). The predicted molar refractivity (Wildman–Crippen MR) is 107 cm³/mol. The molecule has 4 aromatic rings. The van der Waals surface area contributed by atoms with Gasteiger partial charge in [-0.05, 0) is 24.3 Å². The number of nitrogens with zero attached hydrogens (tertiary/aromatic N) is 4. The van der Waals surface area contributed by atoms with Crippen molar-refractivity contribution in [3.05, 3.63) is 60.2 Å². The molecule has 0 spiro atoms. The minimum atomic E-state index is -0.0740. The molecule has 0 aliphatic rings. The second-order valence-electron chi connectivity index (χ2n) is 8.98. The van der Waals surface area contributed by atoms with Crippen LogP contribution in [0.1, 0.15) is 52.9 Å². The molecule has 0 aliphatic carbocycles. The quantitative estimate of drug-likeness (QED) is 0.472. The van der Waals surface area contributed by atoms with Crippen LogP contribution in [-0.4, -0.2) is 18.8 Å². The van der Waals surface area contributed by atoms with E-state index in [4.69, 9.17) is 9.97 Å². The highest BCUT2D eigenvalue weighted by molar-refractivity contribution is 5.72. The van der Waals surface area contributed by atoms with Crippen LogP contribution in [0.4, 0.5) is 0 Å². The lowest BCUT2D eigenvalue weighted by molar-refractivity contribution is 0.566. The number of aromatic nitrogens is 4. The first-order valence-corrected chi connectivity index (χ1v) is 9.13. The van der Waals surface area contributed by atoms with Crippen LogP contribution < -0.4 is 0 Å². The standard InChI is InChI=1S/C22H26N4/c1-21(2,3)19-17(25-13-9-7-11-15(25)23-19)18-20(22(4,5)6)24-16-12-8-10-14-26(16)18/h7-14H,1-6H3. The first-order valence-electron chi connectivity index (χ1n) is 9.13. The van der Waals surface area contributed by atoms with Crippen molar-refractivity contribution in [3.63, 3.8) is 0 Å². The summed E-state index contributed by atoms with van der Waals surface area (Å²) in [6, 6.07) is 12.3. The van der Waals surface area contributed by atoms with Crippen molar-refractivity contribution in [1.82, 2.24) is 18.8 Å². The van der Waals surface area contributed by atoms with E-state index in [0.29, 0.717) is 0 Å². The van der Waals surface area contributed by atoms with E-state index in [0.717, 1.165) is 34.1 Å². The Kier molecular flexibility index (Phi) is 3.52. The van der Waals surface area contributed by atoms with Gasteiger partial charge in [-0.3, -0.25) is 8.80 Å². The van der Waals surface area contributed by atoms with Crippen LogP contribution in [0.3, 0.4) is 0 Å². The number of fused-ring (bicyclic) bond motifs is 2. The van der Waals surface area contributed by atoms with Gasteiger partial charge in [-0.1, -0.05) is 53.7 Å². The minimum Gasteiger partial charge on any atom is -0.298 e. The van der Waals surface area contributed by atoms with Crippen LogP contribution in [0.25, 0.3) is 22.7 Å². The van der Waals surface area contributed by atoms with Gasteiger partial charge < -0.3 is 0 Å². The van der Waals surface area contributed by atoms with E-state index in [2.05, 4.69) is 87.0 Å². The third-order valence-corrected chi connectivity index (χ3v) is 4.70. The monoisotopic (exact) mass is 346 g/mol. The van der Waals surface area contributed by atoms with Gasteiger partial charge in [-0.25, -0.2) is 9.97 Å². The van der Waals surface area contributed by atoms with E-state index in [9.17, 15) is 0 Å². The van der Waals surface area contributed by atoms with Gasteiger partial charge in [-0.2, -0.15) is 0 Å². The molecule has 0 atom stereocenters. The Morgan fingerprint density at radius 1 is 0.615 bits per heavy atom. The summed E-state index contributed by atoms with van der Waals surface area (Å²) in [4.78, 5) is 9.98. The fourth-order valence-electron chi connectivity index (χ4n) is 3.49. The summed E-state index contributed by atoms with van der Waals surface area (Å²) in [5.74, 6) is 0. The van der Waals surface area contributed by atoms with Crippen LogP contribution in [0.5, 0.6) is 0 Å². The second kappa shape index (κ2) is 5.44. The fraction of sp³-hybridized carbons (Fsp3) is 0.364. The van der Waals surface area contributed by atoms with Crippen LogP contribution in [-0.2, 0) is 10.8 Å². The van der Waals surface area contributed by atoms with E-state index < -0.39 is 0 Å². The van der Waals surface area contributed by atoms with E-state index in [1.807, 2.05) is 12.1 Å². The largest absolute Gasteiger partial charge is 0.298 e. The van der Waals surface area contributed by atoms with E-state index in [1.165, 1.54) is 0 Å². The Bertz CT molecular complexity index is 1010. The van der Waals surface area contributed by atoms with E-state index >= 15 is 0 Å². The number of hydrogen-bond acceptors (Lipinski definition) is 2. The number of imidazole rings is 2. The smallest absolute Gasteiger partial charge is 0.137 e. The van der Waals surface area contributed by atoms with Gasteiger partial charge in [0.1, 0.15) is 11.3 Å². The van der Waals surface area contributed by atoms with Gasteiger partial charge in [0.15, 0.2) is 0 Å². The lowest BCUT2D eigenvalue weighted by Gasteiger charge is -2.22. The Labute approximate surface area is 154 Å². The molecule has 4 heteroatoms. The highest BCUT2D eigenvalue weighted by atomic mass is 15.1. The first-order chi connectivity index (χ1) is 12.2. The van der Waals surface area contributed by atoms with Crippen molar-refractivity contribution in [2.24, 2.45) is 0 Å². The zero-order valence-corrected chi connectivity index (χ0v) is 16.4. The highest BCUT2D eigenvalue weighted by Gasteiger charge is 2.32. The molecule has 0 aromatic carbocycles. The van der Waals surface area contributed by atoms with Crippen molar-refractivity contribution >= 4 is 11.3 Å². The Morgan fingerprint density at radius 2 is 1.00 bits per heavy atom. The molecule has 0 amide bonds. The molecule has 0 bridgehead atoms. The van der Waals surface area contributed by atoms with E-state index in [1.54, 1.807) is 0 Å². The third kappa shape index (κ3) is 2.52. The van der Waals surface area contributed by atoms with Crippen molar-refractivity contribution in [3.8, 4) is 11.4 Å². The van der Waals surface area contributed by atoms with Crippen molar-refractivity contribution < 1.29 is 0 Å². The van der Waals surface area contributed by atoms with Gasteiger partial charge in [-0.15, -0.1) is 0 Å². The molecule has 4 nitrogen and oxygen atoms in total. The third-order valence-electron chi connectivity index (χ3n) is 4.70. The van der Waals surface area contributed by atoms with Gasteiger partial charge in [0.25, 0.3) is 0 Å². The van der Waals surface area contributed by atoms with Crippen LogP contribution >= 0.6 is 0 Å². The van der Waals surface area contributed by atoms with Gasteiger partial charge >= 0.3 is 0 Å². The zero-order valence-electron chi connectivity index (χ0n) is 16.4. The molecule has 0 saturated carbocycles. The molecule has 0 fully saturated rings. The van der Waals surface area contributed by atoms with Crippen LogP contribution in [0.15, 0.2) is 48.8 Å². The molecular formula is C22H26N4. The molecule has 0 N–H and O–H groups in total. The van der Waals surface area contributed by atoms with Crippen molar-refractivity contribution in [1.29, 1.82) is 0 Å². The molecular weight excluding hydrogens is 320 g/mol. The lowest BCUT2D eigenvalue weighted by Crippen LogP contribution is -2.17. The summed E-state index contributed by atoms with van der Waals surface area (Å²) in [5.41, 5.74) is 6.26. The molecule has 134 valence electrons. The number of pyridine rings is 2. The average Bonchev–Trinajstić information content (AvgIpc) is 3.12. The Morgan fingerprint density at radius 3 is 1.35 bits per heavy atom. The maximum Gasteiger partial charge on any atom is 0.137 e. The van der Waals surface area contributed by atoms with Crippen LogP contribution in [0, 0.1) is 0 Å². The highest BCUT2D eigenvalue weighted by Crippen LogP contribution is 2.39. The first kappa shape index (κ1) is 16.8. The maximum atomic E-state index is 4.99. The SMILES string of the molecule is CC(C)(C)c1nc2ccccn2c1-c1c(C(C)(C)C)nc2ccccn12. The summed E-state index contributed by atoms with van der Waals surface area (Å²) in [5, 5.41) is 0. The summed E-state index contributed by atoms with van der Waals surface area (Å²) >= 11 is 0. The maximum absolute atomic E-state index is 4.99. The van der Waals surface area contributed by atoms with Crippen molar-refractivity contribution in [2.75, 3.05) is 0 Å². The van der Waals surface area contributed by atoms with Crippen molar-refractivity contribution in [2.45, 2.75) is 52.4 Å². The average molecular weight is 346 g/mol. The van der Waals surface area contributed by atoms with Gasteiger partial charge in [0.05, 0.1) is 22.8 Å². The molecule has 4 aromatic heterocycles. The lowest BCUT2D eigenvalue weighted by atomic mass is 9.86. The molecule has 0 saturated heterocycles. The molecule has 26 heavy (non-hydrogen) atoms. The normalized spacial score (nSPS) is 13.0. The second-order valence-corrected chi connectivity index (χ2v) is 8.98. The molecule has 0 radical (unpaired) electrons. The topological polar surface area (TPSA) is 34.6 Å². The summed E-state index contributed by atoms with van der Waals surface area (Å²) in [7, 11) is 0. The predicted octanol–water partition coefficient (Wildman–Crippen LogP) is 5.24. The Hall–Kier alpha value is -2.62. The molecule has 4 heterocycles. The number of rotatable bonds is 1. The molecule has 0 unspecified atom stereocenters. The number of hydrogen-bond donors (Lipinski definition) is 0. The molecule has 0 aliphatic heterocycles. The summed E-state index contributed by atoms with van der Waals surface area (Å²) in [6.07, 6.45) is 4.20. The summed E-state index contributed by atoms with van der Waals surface area (Å²) in [6.45, 7) is 13.3.